The van der Waals surface area contributed by atoms with E-state index in [9.17, 15) is 9.90 Å². The Bertz CT molecular complexity index is 619. The summed E-state index contributed by atoms with van der Waals surface area (Å²) in [5.41, 5.74) is 6.52. The first-order chi connectivity index (χ1) is 10.6. The molecule has 1 heterocycles. The number of benzene rings is 1. The van der Waals surface area contributed by atoms with E-state index in [-0.39, 0.29) is 24.9 Å². The lowest BCUT2D eigenvalue weighted by molar-refractivity contribution is 0.0912. The highest BCUT2D eigenvalue weighted by Gasteiger charge is 2.13. The Morgan fingerprint density at radius 2 is 2.13 bits per heavy atom. The summed E-state index contributed by atoms with van der Waals surface area (Å²) >= 11 is 1.41. The third kappa shape index (κ3) is 5.47. The van der Waals surface area contributed by atoms with E-state index in [2.05, 4.69) is 10.3 Å². The Morgan fingerprint density at radius 1 is 1.43 bits per heavy atom. The molecule has 0 bridgehead atoms. The lowest BCUT2D eigenvalue weighted by Gasteiger charge is -2.12. The second-order valence-corrected chi connectivity index (χ2v) is 5.61. The molecular formula is C15H20ClN3O3S. The number of nitrogens with one attached hydrogen (secondary N) is 1. The molecule has 2 rings (SSSR count). The molecule has 126 valence electrons. The van der Waals surface area contributed by atoms with Crippen LogP contribution in [0.25, 0.3) is 0 Å². The number of rotatable bonds is 7. The fourth-order valence-electron chi connectivity index (χ4n) is 1.88. The van der Waals surface area contributed by atoms with E-state index in [0.29, 0.717) is 24.2 Å². The topological polar surface area (TPSA) is 97.5 Å². The van der Waals surface area contributed by atoms with Gasteiger partial charge in [0.15, 0.2) is 0 Å². The number of nitrogens with two attached hydrogens (primary N) is 1. The average Bonchev–Trinajstić information content (AvgIpc) is 3.01. The highest BCUT2D eigenvalue weighted by molar-refractivity contribution is 7.09. The van der Waals surface area contributed by atoms with Crippen molar-refractivity contribution in [3.63, 3.8) is 0 Å². The number of aliphatic hydroxyl groups is 1. The summed E-state index contributed by atoms with van der Waals surface area (Å²) in [7, 11) is 1.58. The average molecular weight is 358 g/mol. The zero-order valence-electron chi connectivity index (χ0n) is 12.7. The van der Waals surface area contributed by atoms with Gasteiger partial charge in [0.2, 0.25) is 0 Å². The number of nitrogens with zero attached hydrogens (tertiary/aromatic N) is 1. The minimum atomic E-state index is -0.781. The van der Waals surface area contributed by atoms with E-state index in [0.717, 1.165) is 10.8 Å². The van der Waals surface area contributed by atoms with Gasteiger partial charge in [-0.1, -0.05) is 12.1 Å². The third-order valence-corrected chi connectivity index (χ3v) is 4.01. The van der Waals surface area contributed by atoms with E-state index < -0.39 is 6.10 Å². The molecule has 0 fully saturated rings. The van der Waals surface area contributed by atoms with E-state index in [1.54, 1.807) is 36.8 Å². The first kappa shape index (κ1) is 19.4. The van der Waals surface area contributed by atoms with Crippen molar-refractivity contribution in [1.29, 1.82) is 0 Å². The van der Waals surface area contributed by atoms with E-state index in [4.69, 9.17) is 10.5 Å². The smallest absolute Gasteiger partial charge is 0.270 e. The molecule has 0 radical (unpaired) electrons. The van der Waals surface area contributed by atoms with Crippen LogP contribution in [-0.4, -0.2) is 36.2 Å². The SMILES string of the molecule is COc1ccc(C(O)CNC(=O)c2csc(CCN)n2)cc1.Cl. The van der Waals surface area contributed by atoms with Crippen LogP contribution < -0.4 is 15.8 Å². The molecule has 1 aromatic heterocycles. The summed E-state index contributed by atoms with van der Waals surface area (Å²) in [6.07, 6.45) is -0.121. The number of ether oxygens (including phenoxy) is 1. The van der Waals surface area contributed by atoms with Crippen molar-refractivity contribution in [3.05, 3.63) is 45.9 Å². The predicted octanol–water partition coefficient (Wildman–Crippen LogP) is 1.54. The van der Waals surface area contributed by atoms with Crippen molar-refractivity contribution >= 4 is 29.7 Å². The lowest BCUT2D eigenvalue weighted by Crippen LogP contribution is -2.28. The van der Waals surface area contributed by atoms with Gasteiger partial charge in [-0.05, 0) is 24.2 Å². The van der Waals surface area contributed by atoms with Gasteiger partial charge in [0.25, 0.3) is 5.91 Å². The Hall–Kier alpha value is -1.67. The molecule has 1 aromatic carbocycles. The van der Waals surface area contributed by atoms with Crippen LogP contribution in [0.2, 0.25) is 0 Å². The molecule has 0 spiro atoms. The molecule has 0 saturated heterocycles. The molecule has 1 atom stereocenters. The molecular weight excluding hydrogens is 338 g/mol. The van der Waals surface area contributed by atoms with Gasteiger partial charge in [-0.15, -0.1) is 23.7 Å². The number of aromatic nitrogens is 1. The van der Waals surface area contributed by atoms with Gasteiger partial charge in [-0.3, -0.25) is 4.79 Å². The molecule has 4 N–H and O–H groups in total. The van der Waals surface area contributed by atoms with Crippen molar-refractivity contribution in [2.45, 2.75) is 12.5 Å². The van der Waals surface area contributed by atoms with Crippen LogP contribution in [0.15, 0.2) is 29.6 Å². The Labute approximate surface area is 145 Å². The monoisotopic (exact) mass is 357 g/mol. The molecule has 23 heavy (non-hydrogen) atoms. The number of aliphatic hydroxyl groups excluding tert-OH is 1. The van der Waals surface area contributed by atoms with Gasteiger partial charge < -0.3 is 20.9 Å². The first-order valence-corrected chi connectivity index (χ1v) is 7.76. The summed E-state index contributed by atoms with van der Waals surface area (Å²) in [5, 5.41) is 15.3. The number of hydrogen-bond acceptors (Lipinski definition) is 6. The standard InChI is InChI=1S/C15H19N3O3S.ClH/c1-21-11-4-2-10(3-5-11)13(19)8-17-15(20)12-9-22-14(18-12)6-7-16;/h2-5,9,13,19H,6-8,16H2,1H3,(H,17,20);1H. The normalized spacial score (nSPS) is 11.4. The van der Waals surface area contributed by atoms with Gasteiger partial charge in [-0.2, -0.15) is 0 Å². The summed E-state index contributed by atoms with van der Waals surface area (Å²) < 4.78 is 5.06. The lowest BCUT2D eigenvalue weighted by atomic mass is 10.1. The maximum absolute atomic E-state index is 12.0. The maximum atomic E-state index is 12.0. The molecule has 0 saturated carbocycles. The number of halogens is 1. The second kappa shape index (κ2) is 9.46. The van der Waals surface area contributed by atoms with Crippen molar-refractivity contribution < 1.29 is 14.6 Å². The summed E-state index contributed by atoms with van der Waals surface area (Å²) in [6.45, 7) is 0.625. The van der Waals surface area contributed by atoms with Crippen molar-refractivity contribution in [1.82, 2.24) is 10.3 Å². The molecule has 8 heteroatoms. The Morgan fingerprint density at radius 3 is 2.74 bits per heavy atom. The van der Waals surface area contributed by atoms with E-state index in [1.165, 1.54) is 11.3 Å². The summed E-state index contributed by atoms with van der Waals surface area (Å²) in [4.78, 5) is 16.2. The predicted molar refractivity (Wildman–Crippen MR) is 92.4 cm³/mol. The largest absolute Gasteiger partial charge is 0.497 e. The van der Waals surface area contributed by atoms with Gasteiger partial charge in [-0.25, -0.2) is 4.98 Å². The molecule has 0 aliphatic heterocycles. The first-order valence-electron chi connectivity index (χ1n) is 6.88. The number of carbonyl (C=O) groups is 1. The highest BCUT2D eigenvalue weighted by Crippen LogP contribution is 2.17. The van der Waals surface area contributed by atoms with Crippen LogP contribution in [0, 0.1) is 0 Å². The number of hydrogen-bond donors (Lipinski definition) is 3. The summed E-state index contributed by atoms with van der Waals surface area (Å²) in [6, 6.07) is 7.05. The molecule has 6 nitrogen and oxygen atoms in total. The van der Waals surface area contributed by atoms with Crippen LogP contribution in [0.1, 0.15) is 27.2 Å². The molecule has 2 aromatic rings. The number of methoxy groups -OCH3 is 1. The zero-order chi connectivity index (χ0) is 15.9. The number of thiazole rings is 1. The highest BCUT2D eigenvalue weighted by atomic mass is 35.5. The molecule has 1 amide bonds. The van der Waals surface area contributed by atoms with Crippen LogP contribution in [0.5, 0.6) is 5.75 Å². The van der Waals surface area contributed by atoms with Gasteiger partial charge in [0.05, 0.1) is 18.2 Å². The Kier molecular flexibility index (Phi) is 7.97. The quantitative estimate of drug-likeness (QED) is 0.698. The van der Waals surface area contributed by atoms with Gasteiger partial charge in [0.1, 0.15) is 11.4 Å². The maximum Gasteiger partial charge on any atom is 0.270 e. The Balaban J connectivity index is 0.00000264. The number of carbonyl (C=O) groups excluding carboxylic acids is 1. The second-order valence-electron chi connectivity index (χ2n) is 4.66. The van der Waals surface area contributed by atoms with Gasteiger partial charge >= 0.3 is 0 Å². The summed E-state index contributed by atoms with van der Waals surface area (Å²) in [5.74, 6) is 0.418. The third-order valence-electron chi connectivity index (χ3n) is 3.10. The number of amides is 1. The fraction of sp³-hybridized carbons (Fsp3) is 0.333. The van der Waals surface area contributed by atoms with Crippen LogP contribution >= 0.6 is 23.7 Å². The van der Waals surface area contributed by atoms with Crippen LogP contribution in [0.3, 0.4) is 0 Å². The minimum absolute atomic E-state index is 0. The van der Waals surface area contributed by atoms with Crippen molar-refractivity contribution in [2.24, 2.45) is 5.73 Å². The van der Waals surface area contributed by atoms with E-state index >= 15 is 0 Å². The molecule has 0 aliphatic carbocycles. The fourth-order valence-corrected chi connectivity index (χ4v) is 2.67. The zero-order valence-corrected chi connectivity index (χ0v) is 14.3. The molecule has 1 unspecified atom stereocenters. The molecule has 0 aliphatic rings. The van der Waals surface area contributed by atoms with Crippen molar-refractivity contribution in [3.8, 4) is 5.75 Å². The van der Waals surface area contributed by atoms with Crippen LogP contribution in [0.4, 0.5) is 0 Å². The minimum Gasteiger partial charge on any atom is -0.497 e. The van der Waals surface area contributed by atoms with E-state index in [1.807, 2.05) is 0 Å². The van der Waals surface area contributed by atoms with Crippen LogP contribution in [-0.2, 0) is 6.42 Å². The van der Waals surface area contributed by atoms with Gasteiger partial charge in [0, 0.05) is 18.3 Å². The van der Waals surface area contributed by atoms with Crippen molar-refractivity contribution in [2.75, 3.05) is 20.2 Å².